The van der Waals surface area contributed by atoms with Crippen LogP contribution < -0.4 is 10.6 Å². The molecule has 1 aliphatic rings. The van der Waals surface area contributed by atoms with Crippen molar-refractivity contribution in [3.05, 3.63) is 28.7 Å². The van der Waals surface area contributed by atoms with E-state index in [4.69, 9.17) is 0 Å². The molecule has 24 heavy (non-hydrogen) atoms. The summed E-state index contributed by atoms with van der Waals surface area (Å²) in [6.45, 7) is 4.32. The average molecular weight is 344 g/mol. The number of anilines is 1. The molecule has 2 N–H and O–H groups in total. The average Bonchev–Trinajstić information content (AvgIpc) is 2.68. The summed E-state index contributed by atoms with van der Waals surface area (Å²) in [5, 5.41) is 4.03. The van der Waals surface area contributed by atoms with E-state index in [2.05, 4.69) is 14.7 Å². The molecule has 1 atom stereocenters. The number of nitrogens with zero attached hydrogens (tertiary/aromatic N) is 2. The topological polar surface area (TPSA) is 93.2 Å². The van der Waals surface area contributed by atoms with Crippen molar-refractivity contribution in [2.24, 2.45) is 0 Å². The fourth-order valence-electron chi connectivity index (χ4n) is 2.54. The lowest BCUT2D eigenvalue weighted by Gasteiger charge is -2.31. The van der Waals surface area contributed by atoms with Crippen LogP contribution in [-0.4, -0.2) is 40.7 Å². The van der Waals surface area contributed by atoms with Gasteiger partial charge in [-0.3, -0.25) is 4.79 Å². The normalized spacial score (nSPS) is 20.9. The van der Waals surface area contributed by atoms with Gasteiger partial charge in [0, 0.05) is 17.1 Å². The summed E-state index contributed by atoms with van der Waals surface area (Å²) in [7, 11) is 0.930. The monoisotopic (exact) mass is 344 g/mol. The van der Waals surface area contributed by atoms with E-state index < -0.39 is 35.1 Å². The zero-order chi connectivity index (χ0) is 18.3. The number of nitrogens with one attached hydrogen (secondary N) is 2. The molecule has 0 bridgehead atoms. The van der Waals surface area contributed by atoms with E-state index in [-0.39, 0.29) is 5.70 Å². The number of carbonyl (C=O) groups is 2. The summed E-state index contributed by atoms with van der Waals surface area (Å²) in [5.74, 6) is -3.15. The van der Waals surface area contributed by atoms with Gasteiger partial charge in [0.15, 0.2) is 0 Å². The highest BCUT2D eigenvalue weighted by Crippen LogP contribution is 2.43. The second-order valence-corrected chi connectivity index (χ2v) is 5.29. The van der Waals surface area contributed by atoms with Gasteiger partial charge in [-0.1, -0.05) is 0 Å². The summed E-state index contributed by atoms with van der Waals surface area (Å²) in [5.41, 5.74) is -3.64. The first-order valence-electron chi connectivity index (χ1n) is 6.81. The number of allylic oxidation sites excluding steroid dienone is 1. The summed E-state index contributed by atoms with van der Waals surface area (Å²) in [6, 6.07) is 1.56. The molecule has 1 aromatic rings. The molecule has 0 saturated carbocycles. The van der Waals surface area contributed by atoms with Gasteiger partial charge in [0.2, 0.25) is 11.5 Å². The first-order valence-corrected chi connectivity index (χ1v) is 6.81. The van der Waals surface area contributed by atoms with Crippen LogP contribution in [0.4, 0.5) is 19.1 Å². The van der Waals surface area contributed by atoms with Crippen LogP contribution in [0.1, 0.15) is 18.3 Å². The van der Waals surface area contributed by atoms with Gasteiger partial charge in [-0.25, -0.2) is 14.8 Å². The van der Waals surface area contributed by atoms with Crippen LogP contribution in [0.3, 0.4) is 0 Å². The predicted molar refractivity (Wildman–Crippen MR) is 76.8 cm³/mol. The van der Waals surface area contributed by atoms with Crippen molar-refractivity contribution >= 4 is 17.8 Å². The zero-order valence-electron chi connectivity index (χ0n) is 13.3. The van der Waals surface area contributed by atoms with Crippen LogP contribution in [0.2, 0.25) is 0 Å². The smallest absolute Gasteiger partial charge is 0.425 e. The molecule has 1 aliphatic heterocycles. The molecule has 0 saturated heterocycles. The van der Waals surface area contributed by atoms with Gasteiger partial charge in [0.05, 0.1) is 7.11 Å². The fourth-order valence-corrected chi connectivity index (χ4v) is 2.54. The summed E-state index contributed by atoms with van der Waals surface area (Å²) in [6.07, 6.45) is -5.14. The van der Waals surface area contributed by atoms with Crippen LogP contribution in [0.15, 0.2) is 17.3 Å². The number of carbonyl (C=O) groups excluding carboxylic acids is 2. The number of halogens is 3. The Bertz CT molecular complexity index is 725. The maximum absolute atomic E-state index is 13.9. The van der Waals surface area contributed by atoms with Crippen LogP contribution in [0.5, 0.6) is 0 Å². The predicted octanol–water partition coefficient (Wildman–Crippen LogP) is 1.38. The van der Waals surface area contributed by atoms with E-state index in [1.165, 1.54) is 6.92 Å². The molecular weight excluding hydrogens is 329 g/mol. The van der Waals surface area contributed by atoms with Crippen LogP contribution in [-0.2, 0) is 14.3 Å². The Hall–Kier alpha value is -2.65. The van der Waals surface area contributed by atoms with E-state index in [1.54, 1.807) is 19.9 Å². The largest absolute Gasteiger partial charge is 0.466 e. The molecule has 0 aromatic carbocycles. The number of esters is 1. The second kappa shape index (κ2) is 5.77. The van der Waals surface area contributed by atoms with Gasteiger partial charge in [-0.05, 0) is 26.8 Å². The highest BCUT2D eigenvalue weighted by atomic mass is 19.4. The van der Waals surface area contributed by atoms with Gasteiger partial charge in [0.25, 0.3) is 5.91 Å². The lowest BCUT2D eigenvalue weighted by Crippen LogP contribution is -2.60. The maximum Gasteiger partial charge on any atom is 0.425 e. The molecule has 0 unspecified atom stereocenters. The van der Waals surface area contributed by atoms with E-state index in [0.717, 1.165) is 7.11 Å². The number of methoxy groups -OCH3 is 1. The molecular formula is C14H15F3N4O3. The molecule has 1 aromatic heterocycles. The minimum absolute atomic E-state index is 0.249. The third-order valence-electron chi connectivity index (χ3n) is 3.49. The SMILES string of the molecule is COC(=O)C1=C(C)NC(=O)[C@@]1(Nc1nc(C)cc(C)n1)C(F)(F)F. The van der Waals surface area contributed by atoms with Crippen molar-refractivity contribution in [1.82, 2.24) is 15.3 Å². The van der Waals surface area contributed by atoms with Crippen molar-refractivity contribution < 1.29 is 27.5 Å². The van der Waals surface area contributed by atoms with Gasteiger partial charge in [0.1, 0.15) is 5.57 Å². The Balaban J connectivity index is 2.67. The quantitative estimate of drug-likeness (QED) is 0.805. The number of aryl methyl sites for hydroxylation is 2. The molecule has 10 heteroatoms. The number of hydrogen-bond donors (Lipinski definition) is 2. The number of amides is 1. The molecule has 0 radical (unpaired) electrons. The van der Waals surface area contributed by atoms with Crippen molar-refractivity contribution in [2.45, 2.75) is 32.5 Å². The van der Waals surface area contributed by atoms with E-state index in [0.29, 0.717) is 11.4 Å². The zero-order valence-corrected chi connectivity index (χ0v) is 13.3. The molecule has 1 amide bonds. The lowest BCUT2D eigenvalue weighted by atomic mass is 9.89. The molecule has 0 fully saturated rings. The van der Waals surface area contributed by atoms with Crippen molar-refractivity contribution in [1.29, 1.82) is 0 Å². The lowest BCUT2D eigenvalue weighted by molar-refractivity contribution is -0.179. The van der Waals surface area contributed by atoms with E-state index in [1.807, 2.05) is 10.6 Å². The van der Waals surface area contributed by atoms with E-state index >= 15 is 0 Å². The Morgan fingerprint density at radius 1 is 1.25 bits per heavy atom. The Kier molecular flexibility index (Phi) is 4.25. The van der Waals surface area contributed by atoms with Gasteiger partial charge >= 0.3 is 12.1 Å². The summed E-state index contributed by atoms with van der Waals surface area (Å²) < 4.78 is 46.0. The fraction of sp³-hybridized carbons (Fsp3) is 0.429. The third kappa shape index (κ3) is 2.68. The minimum atomic E-state index is -5.14. The van der Waals surface area contributed by atoms with Crippen LogP contribution in [0, 0.1) is 13.8 Å². The van der Waals surface area contributed by atoms with Crippen molar-refractivity contribution in [3.63, 3.8) is 0 Å². The third-order valence-corrected chi connectivity index (χ3v) is 3.49. The van der Waals surface area contributed by atoms with E-state index in [9.17, 15) is 22.8 Å². The van der Waals surface area contributed by atoms with Crippen molar-refractivity contribution in [2.75, 3.05) is 12.4 Å². The second-order valence-electron chi connectivity index (χ2n) is 5.29. The highest BCUT2D eigenvalue weighted by Gasteiger charge is 2.68. The Morgan fingerprint density at radius 3 is 2.25 bits per heavy atom. The molecule has 2 rings (SSSR count). The number of hydrogen-bond acceptors (Lipinski definition) is 6. The molecule has 0 spiro atoms. The van der Waals surface area contributed by atoms with Gasteiger partial charge in [-0.15, -0.1) is 0 Å². The van der Waals surface area contributed by atoms with Crippen LogP contribution >= 0.6 is 0 Å². The number of rotatable bonds is 3. The maximum atomic E-state index is 13.9. The number of aromatic nitrogens is 2. The standard InChI is InChI=1S/C14H15F3N4O3/c1-6-5-7(2)19-12(18-6)21-13(14(15,16)17)9(10(22)24-4)8(3)20-11(13)23/h5H,1-4H3,(H,20,23)(H,18,19,21)/t13-/m1/s1. The van der Waals surface area contributed by atoms with Gasteiger partial charge < -0.3 is 15.4 Å². The van der Waals surface area contributed by atoms with Gasteiger partial charge in [-0.2, -0.15) is 13.2 Å². The first-order chi connectivity index (χ1) is 11.0. The summed E-state index contributed by atoms with van der Waals surface area (Å²) in [4.78, 5) is 31.8. The minimum Gasteiger partial charge on any atom is -0.466 e. The number of alkyl halides is 3. The first kappa shape index (κ1) is 17.7. The van der Waals surface area contributed by atoms with Crippen molar-refractivity contribution in [3.8, 4) is 0 Å². The molecule has 130 valence electrons. The summed E-state index contributed by atoms with van der Waals surface area (Å²) >= 11 is 0. The highest BCUT2D eigenvalue weighted by molar-refractivity contribution is 6.10. The molecule has 0 aliphatic carbocycles. The van der Waals surface area contributed by atoms with Crippen LogP contribution in [0.25, 0.3) is 0 Å². The Labute approximate surface area is 135 Å². The Morgan fingerprint density at radius 2 is 1.79 bits per heavy atom. The molecule has 7 nitrogen and oxygen atoms in total. The molecule has 2 heterocycles. The number of ether oxygens (including phenoxy) is 1.